The molecule has 0 spiro atoms. The van der Waals surface area contributed by atoms with Crippen molar-refractivity contribution in [3.8, 4) is 5.75 Å². The summed E-state index contributed by atoms with van der Waals surface area (Å²) in [7, 11) is 0. The van der Waals surface area contributed by atoms with Gasteiger partial charge in [-0.15, -0.1) is 11.3 Å². The fraction of sp³-hybridized carbons (Fsp3) is 0.133. The van der Waals surface area contributed by atoms with E-state index in [1.54, 1.807) is 40.5 Å². The summed E-state index contributed by atoms with van der Waals surface area (Å²) in [6, 6.07) is 9.21. The highest BCUT2D eigenvalue weighted by molar-refractivity contribution is 7.10. The number of nitrogens with zero attached hydrogens (tertiary/aromatic N) is 1. The number of thiophene rings is 1. The maximum absolute atomic E-state index is 12.5. The third-order valence-electron chi connectivity index (χ3n) is 3.08. The molecule has 0 atom stereocenters. The number of nitrogen functional groups attached to an aromatic ring is 1. The minimum atomic E-state index is -0.140. The van der Waals surface area contributed by atoms with Crippen LogP contribution in [-0.2, 0) is 4.79 Å². The van der Waals surface area contributed by atoms with Crippen LogP contribution in [0.15, 0.2) is 41.5 Å². The summed E-state index contributed by atoms with van der Waals surface area (Å²) in [5.41, 5.74) is 7.12. The lowest BCUT2D eigenvalue weighted by atomic mass is 10.2. The van der Waals surface area contributed by atoms with Crippen molar-refractivity contribution < 1.29 is 9.53 Å². The van der Waals surface area contributed by atoms with Gasteiger partial charge in [-0.25, -0.2) is 0 Å². The smallest absolute Gasteiger partial charge is 0.294 e. The Hall–Kier alpha value is -2.27. The molecule has 0 saturated carbocycles. The van der Waals surface area contributed by atoms with Gasteiger partial charge in [-0.1, -0.05) is 6.07 Å². The van der Waals surface area contributed by atoms with E-state index in [1.807, 2.05) is 24.4 Å². The minimum Gasteiger partial charge on any atom is -0.449 e. The van der Waals surface area contributed by atoms with Gasteiger partial charge in [0.2, 0.25) is 0 Å². The summed E-state index contributed by atoms with van der Waals surface area (Å²) in [5, 5.41) is 1.96. The first kappa shape index (κ1) is 12.7. The molecule has 1 amide bonds. The molecule has 1 aromatic heterocycles. The number of amides is 1. The Morgan fingerprint density at radius 1 is 1.40 bits per heavy atom. The van der Waals surface area contributed by atoms with Gasteiger partial charge in [0, 0.05) is 23.2 Å². The number of fused-ring (bicyclic) bond motifs is 1. The predicted molar refractivity (Wildman–Crippen MR) is 81.8 cm³/mol. The van der Waals surface area contributed by atoms with Gasteiger partial charge in [0.1, 0.15) is 0 Å². The number of nitrogens with two attached hydrogens (primary N) is 1. The summed E-state index contributed by atoms with van der Waals surface area (Å²) < 4.78 is 5.73. The standard InChI is InChI=1S/C15H14N2O2S/c1-2-17-12-8-10(16)5-6-13(12)19-14(15(17)18)9-11-4-3-7-20-11/h3-9H,2,16H2,1H3/b14-9+. The molecule has 0 saturated heterocycles. The van der Waals surface area contributed by atoms with Crippen LogP contribution in [0.4, 0.5) is 11.4 Å². The number of carbonyl (C=O) groups excluding carboxylic acids is 1. The van der Waals surface area contributed by atoms with Crippen molar-refractivity contribution in [2.75, 3.05) is 17.2 Å². The Labute approximate surface area is 121 Å². The molecule has 20 heavy (non-hydrogen) atoms. The molecule has 3 rings (SSSR count). The van der Waals surface area contributed by atoms with E-state index in [1.165, 1.54) is 0 Å². The number of benzene rings is 1. The Balaban J connectivity index is 2.06. The quantitative estimate of drug-likeness (QED) is 0.681. The van der Waals surface area contributed by atoms with Crippen LogP contribution in [0.2, 0.25) is 0 Å². The number of carbonyl (C=O) groups is 1. The van der Waals surface area contributed by atoms with E-state index in [9.17, 15) is 4.79 Å². The van der Waals surface area contributed by atoms with Gasteiger partial charge in [-0.3, -0.25) is 4.79 Å². The van der Waals surface area contributed by atoms with E-state index < -0.39 is 0 Å². The molecule has 2 N–H and O–H groups in total. The lowest BCUT2D eigenvalue weighted by molar-refractivity contribution is -0.117. The van der Waals surface area contributed by atoms with Crippen LogP contribution in [0.25, 0.3) is 6.08 Å². The van der Waals surface area contributed by atoms with Gasteiger partial charge in [0.15, 0.2) is 11.5 Å². The van der Waals surface area contributed by atoms with Crippen LogP contribution in [0.5, 0.6) is 5.75 Å². The van der Waals surface area contributed by atoms with Crippen LogP contribution in [-0.4, -0.2) is 12.5 Å². The van der Waals surface area contributed by atoms with Crippen LogP contribution >= 0.6 is 11.3 Å². The molecule has 102 valence electrons. The normalized spacial score (nSPS) is 16.1. The van der Waals surface area contributed by atoms with Crippen molar-refractivity contribution in [2.24, 2.45) is 0 Å². The fourth-order valence-corrected chi connectivity index (χ4v) is 2.79. The van der Waals surface area contributed by atoms with Gasteiger partial charge in [-0.2, -0.15) is 0 Å². The van der Waals surface area contributed by atoms with Crippen molar-refractivity contribution in [3.63, 3.8) is 0 Å². The first-order valence-electron chi connectivity index (χ1n) is 6.33. The number of hydrogen-bond donors (Lipinski definition) is 1. The average Bonchev–Trinajstić information content (AvgIpc) is 2.93. The van der Waals surface area contributed by atoms with E-state index in [0.717, 1.165) is 10.6 Å². The van der Waals surface area contributed by atoms with Gasteiger partial charge in [-0.05, 0) is 36.6 Å². The summed E-state index contributed by atoms with van der Waals surface area (Å²) in [6.07, 6.45) is 1.77. The first-order chi connectivity index (χ1) is 9.69. The minimum absolute atomic E-state index is 0.140. The number of anilines is 2. The molecular weight excluding hydrogens is 272 g/mol. The van der Waals surface area contributed by atoms with Crippen molar-refractivity contribution in [1.29, 1.82) is 0 Å². The van der Waals surface area contributed by atoms with E-state index in [0.29, 0.717) is 23.7 Å². The number of likely N-dealkylation sites (N-methyl/N-ethyl adjacent to an activating group) is 1. The zero-order valence-electron chi connectivity index (χ0n) is 11.0. The van der Waals surface area contributed by atoms with Gasteiger partial charge >= 0.3 is 0 Å². The van der Waals surface area contributed by atoms with Crippen molar-refractivity contribution >= 4 is 34.7 Å². The Bertz CT molecular complexity index is 677. The number of rotatable bonds is 2. The molecule has 1 aromatic carbocycles. The second-order valence-electron chi connectivity index (χ2n) is 4.40. The van der Waals surface area contributed by atoms with Crippen molar-refractivity contribution in [3.05, 3.63) is 46.3 Å². The molecule has 0 unspecified atom stereocenters. The molecule has 1 aliphatic heterocycles. The third-order valence-corrected chi connectivity index (χ3v) is 3.90. The number of hydrogen-bond acceptors (Lipinski definition) is 4. The summed E-state index contributed by atoms with van der Waals surface area (Å²) in [5.74, 6) is 0.856. The van der Waals surface area contributed by atoms with E-state index in [2.05, 4.69) is 0 Å². The SMILES string of the molecule is CCN1C(=O)/C(=C\c2cccs2)Oc2ccc(N)cc21. The highest BCUT2D eigenvalue weighted by Gasteiger charge is 2.29. The van der Waals surface area contributed by atoms with Gasteiger partial charge in [0.25, 0.3) is 5.91 Å². The van der Waals surface area contributed by atoms with Crippen LogP contribution < -0.4 is 15.4 Å². The predicted octanol–water partition coefficient (Wildman–Crippen LogP) is 3.12. The van der Waals surface area contributed by atoms with Gasteiger partial charge in [0.05, 0.1) is 5.69 Å². The number of ether oxygens (including phenoxy) is 1. The highest BCUT2D eigenvalue weighted by atomic mass is 32.1. The van der Waals surface area contributed by atoms with Crippen LogP contribution in [0.1, 0.15) is 11.8 Å². The molecule has 2 aromatic rings. The molecule has 0 aliphatic carbocycles. The molecule has 0 radical (unpaired) electrons. The Kier molecular flexibility index (Phi) is 3.20. The lowest BCUT2D eigenvalue weighted by Gasteiger charge is -2.29. The third kappa shape index (κ3) is 2.16. The molecule has 0 bridgehead atoms. The molecule has 2 heterocycles. The monoisotopic (exact) mass is 286 g/mol. The van der Waals surface area contributed by atoms with Crippen LogP contribution in [0, 0.1) is 0 Å². The maximum atomic E-state index is 12.5. The molecule has 1 aliphatic rings. The zero-order valence-corrected chi connectivity index (χ0v) is 11.8. The first-order valence-corrected chi connectivity index (χ1v) is 7.21. The average molecular weight is 286 g/mol. The van der Waals surface area contributed by atoms with E-state index >= 15 is 0 Å². The summed E-state index contributed by atoms with van der Waals surface area (Å²) in [4.78, 5) is 15.1. The Morgan fingerprint density at radius 2 is 2.25 bits per heavy atom. The van der Waals surface area contributed by atoms with Gasteiger partial charge < -0.3 is 15.4 Å². The molecule has 4 nitrogen and oxygen atoms in total. The van der Waals surface area contributed by atoms with Crippen molar-refractivity contribution in [1.82, 2.24) is 0 Å². The maximum Gasteiger partial charge on any atom is 0.294 e. The Morgan fingerprint density at radius 3 is 2.95 bits per heavy atom. The van der Waals surface area contributed by atoms with E-state index in [-0.39, 0.29) is 5.91 Å². The van der Waals surface area contributed by atoms with Crippen LogP contribution in [0.3, 0.4) is 0 Å². The largest absolute Gasteiger partial charge is 0.449 e. The molecular formula is C15H14N2O2S. The summed E-state index contributed by atoms with van der Waals surface area (Å²) in [6.45, 7) is 2.50. The molecule has 5 heteroatoms. The molecule has 0 fully saturated rings. The summed E-state index contributed by atoms with van der Waals surface area (Å²) >= 11 is 1.56. The zero-order chi connectivity index (χ0) is 14.1. The second kappa shape index (κ2) is 5.02. The highest BCUT2D eigenvalue weighted by Crippen LogP contribution is 2.37. The lowest BCUT2D eigenvalue weighted by Crippen LogP contribution is -2.37. The topological polar surface area (TPSA) is 55.6 Å². The van der Waals surface area contributed by atoms with E-state index in [4.69, 9.17) is 10.5 Å². The second-order valence-corrected chi connectivity index (χ2v) is 5.38. The van der Waals surface area contributed by atoms with Crippen molar-refractivity contribution in [2.45, 2.75) is 6.92 Å². The fourth-order valence-electron chi connectivity index (χ4n) is 2.14.